The monoisotopic (exact) mass is 208 g/mol. The summed E-state index contributed by atoms with van der Waals surface area (Å²) >= 11 is 0. The Morgan fingerprint density at radius 2 is 2.15 bits per heavy atom. The van der Waals surface area contributed by atoms with Gasteiger partial charge in [0, 0.05) is 5.75 Å². The molecule has 0 aromatic heterocycles. The van der Waals surface area contributed by atoms with Crippen molar-refractivity contribution in [2.75, 3.05) is 0 Å². The molecule has 68 valence electrons. The minimum absolute atomic E-state index is 0. The molecule has 1 aromatic carbocycles. The number of hydrogen-bond acceptors (Lipinski definition) is 1. The minimum atomic E-state index is 0. The molecule has 0 aliphatic carbocycles. The molecular formula is C10H13ClMgO. The Hall–Kier alpha value is 0.0762. The Balaban J connectivity index is 0. The Kier molecular flexibility index (Phi) is 10.4. The van der Waals surface area contributed by atoms with Gasteiger partial charge in [-0.25, -0.2) is 0 Å². The molecule has 0 spiro atoms. The number of benzene rings is 1. The van der Waals surface area contributed by atoms with Crippen LogP contribution in [0.15, 0.2) is 24.3 Å². The molecule has 1 atom stereocenters. The summed E-state index contributed by atoms with van der Waals surface area (Å²) in [4.78, 5) is 0. The topological polar surface area (TPSA) is 9.23 Å². The number of halogens is 1. The van der Waals surface area contributed by atoms with Crippen LogP contribution in [0.5, 0.6) is 5.75 Å². The molecule has 0 saturated carbocycles. The maximum atomic E-state index is 5.51. The van der Waals surface area contributed by atoms with Gasteiger partial charge >= 0.3 is 23.1 Å². The van der Waals surface area contributed by atoms with Crippen molar-refractivity contribution in [1.82, 2.24) is 0 Å². The summed E-state index contributed by atoms with van der Waals surface area (Å²) in [5, 5.41) is 0. The van der Waals surface area contributed by atoms with Crippen molar-refractivity contribution >= 4 is 23.1 Å². The molecule has 13 heavy (non-hydrogen) atoms. The van der Waals surface area contributed by atoms with Gasteiger partial charge < -0.3 is 17.1 Å². The Morgan fingerprint density at radius 1 is 1.46 bits per heavy atom. The zero-order chi connectivity index (χ0) is 8.10. The molecule has 1 aromatic rings. The molecule has 0 fully saturated rings. The zero-order valence-corrected chi connectivity index (χ0v) is 10.3. The third kappa shape index (κ3) is 6.19. The molecule has 0 amide bonds. The predicted octanol–water partition coefficient (Wildman–Crippen LogP) is -0.713. The van der Waals surface area contributed by atoms with Crippen molar-refractivity contribution in [3.63, 3.8) is 0 Å². The van der Waals surface area contributed by atoms with Crippen LogP contribution in [0.3, 0.4) is 0 Å². The van der Waals surface area contributed by atoms with Crippen LogP contribution in [-0.2, 0) is 0 Å². The van der Waals surface area contributed by atoms with Crippen LogP contribution < -0.4 is 17.1 Å². The molecule has 0 N–H and O–H groups in total. The first-order chi connectivity index (χ1) is 5.33. The van der Waals surface area contributed by atoms with Crippen LogP contribution in [0.1, 0.15) is 20.3 Å². The van der Waals surface area contributed by atoms with Gasteiger partial charge in [0.25, 0.3) is 0 Å². The summed E-state index contributed by atoms with van der Waals surface area (Å²) in [6.07, 6.45) is 1.32. The van der Waals surface area contributed by atoms with Crippen molar-refractivity contribution < 1.29 is 17.1 Å². The van der Waals surface area contributed by atoms with Gasteiger partial charge in [0.1, 0.15) is 0 Å². The normalized spacial score (nSPS) is 10.6. The van der Waals surface area contributed by atoms with Crippen molar-refractivity contribution in [2.24, 2.45) is 0 Å². The molecule has 1 rings (SSSR count). The van der Waals surface area contributed by atoms with E-state index in [0.717, 1.165) is 12.2 Å². The first kappa shape index (κ1) is 15.5. The van der Waals surface area contributed by atoms with E-state index in [4.69, 9.17) is 4.74 Å². The van der Waals surface area contributed by atoms with Gasteiger partial charge in [-0.3, -0.25) is 0 Å². The van der Waals surface area contributed by atoms with E-state index >= 15 is 0 Å². The van der Waals surface area contributed by atoms with E-state index in [9.17, 15) is 0 Å². The SMILES string of the molecule is CCC(C)Oc1[c-]cccc1.[Cl-].[Mg+2]. The van der Waals surface area contributed by atoms with Crippen LogP contribution in [0.2, 0.25) is 0 Å². The van der Waals surface area contributed by atoms with Crippen molar-refractivity contribution in [2.45, 2.75) is 26.4 Å². The van der Waals surface area contributed by atoms with Gasteiger partial charge in [-0.2, -0.15) is 18.2 Å². The number of para-hydroxylation sites is 1. The maximum Gasteiger partial charge on any atom is 2.00 e. The van der Waals surface area contributed by atoms with Crippen LogP contribution in [0.25, 0.3) is 0 Å². The fourth-order valence-corrected chi connectivity index (χ4v) is 0.750. The van der Waals surface area contributed by atoms with Crippen LogP contribution >= 0.6 is 0 Å². The minimum Gasteiger partial charge on any atom is -1.00 e. The van der Waals surface area contributed by atoms with E-state index in [-0.39, 0.29) is 41.6 Å². The third-order valence-electron chi connectivity index (χ3n) is 1.58. The average Bonchev–Trinajstić information content (AvgIpc) is 2.06. The van der Waals surface area contributed by atoms with E-state index in [1.54, 1.807) is 0 Å². The second-order valence-electron chi connectivity index (χ2n) is 2.56. The summed E-state index contributed by atoms with van der Waals surface area (Å²) in [6.45, 7) is 4.16. The molecule has 3 heteroatoms. The predicted molar refractivity (Wildman–Crippen MR) is 51.4 cm³/mol. The summed E-state index contributed by atoms with van der Waals surface area (Å²) in [5.74, 6) is 0.835. The quantitative estimate of drug-likeness (QED) is 0.471. The van der Waals surface area contributed by atoms with E-state index < -0.39 is 0 Å². The van der Waals surface area contributed by atoms with E-state index in [0.29, 0.717) is 0 Å². The first-order valence-corrected chi connectivity index (χ1v) is 3.96. The Morgan fingerprint density at radius 3 is 2.62 bits per heavy atom. The largest absolute Gasteiger partial charge is 2.00 e. The van der Waals surface area contributed by atoms with E-state index in [1.165, 1.54) is 0 Å². The fraction of sp³-hybridized carbons (Fsp3) is 0.400. The number of ether oxygens (including phenoxy) is 1. The van der Waals surface area contributed by atoms with Gasteiger partial charge in [-0.1, -0.05) is 6.92 Å². The molecule has 0 saturated heterocycles. The van der Waals surface area contributed by atoms with E-state index in [2.05, 4.69) is 19.9 Å². The molecule has 0 aliphatic heterocycles. The van der Waals surface area contributed by atoms with Crippen LogP contribution in [-0.4, -0.2) is 29.2 Å². The molecule has 0 radical (unpaired) electrons. The van der Waals surface area contributed by atoms with Gasteiger partial charge in [-0.05, 0) is 13.3 Å². The van der Waals surface area contributed by atoms with Crippen LogP contribution in [0.4, 0.5) is 0 Å². The zero-order valence-electron chi connectivity index (χ0n) is 8.09. The smallest absolute Gasteiger partial charge is 1.00 e. The van der Waals surface area contributed by atoms with Gasteiger partial charge in [0.2, 0.25) is 0 Å². The second-order valence-corrected chi connectivity index (χ2v) is 2.56. The molecule has 0 bridgehead atoms. The molecule has 0 heterocycles. The van der Waals surface area contributed by atoms with Crippen molar-refractivity contribution in [3.05, 3.63) is 30.3 Å². The Bertz CT molecular complexity index is 203. The number of rotatable bonds is 3. The summed E-state index contributed by atoms with van der Waals surface area (Å²) in [5.41, 5.74) is 0. The Labute approximate surface area is 102 Å². The molecular weight excluding hydrogens is 196 g/mol. The molecule has 1 nitrogen and oxygen atoms in total. The van der Waals surface area contributed by atoms with E-state index in [1.807, 2.05) is 24.3 Å². The number of hydrogen-bond donors (Lipinski definition) is 0. The molecule has 0 aliphatic rings. The summed E-state index contributed by atoms with van der Waals surface area (Å²) < 4.78 is 5.51. The summed E-state index contributed by atoms with van der Waals surface area (Å²) in [6, 6.07) is 10.7. The second kappa shape index (κ2) is 8.66. The van der Waals surface area contributed by atoms with Crippen LogP contribution in [0, 0.1) is 6.07 Å². The van der Waals surface area contributed by atoms with Crippen molar-refractivity contribution in [1.29, 1.82) is 0 Å². The third-order valence-corrected chi connectivity index (χ3v) is 1.58. The van der Waals surface area contributed by atoms with Gasteiger partial charge in [-0.15, -0.1) is 12.1 Å². The average molecular weight is 209 g/mol. The fourth-order valence-electron chi connectivity index (χ4n) is 0.750. The van der Waals surface area contributed by atoms with Crippen molar-refractivity contribution in [3.8, 4) is 5.75 Å². The first-order valence-electron chi connectivity index (χ1n) is 3.96. The molecule has 1 unspecified atom stereocenters. The van der Waals surface area contributed by atoms with Gasteiger partial charge in [0.15, 0.2) is 0 Å². The standard InChI is InChI=1S/C10H13O.ClH.Mg/c1-3-9(2)11-10-7-5-4-6-8-10;;/h4-7,9H,3H2,1-2H3;1H;/q-1;;+2/p-1. The van der Waals surface area contributed by atoms with Gasteiger partial charge in [0.05, 0.1) is 6.10 Å². The summed E-state index contributed by atoms with van der Waals surface area (Å²) in [7, 11) is 0. The maximum absolute atomic E-state index is 5.51.